The zero-order chi connectivity index (χ0) is 13.1. The van der Waals surface area contributed by atoms with E-state index in [0.29, 0.717) is 0 Å². The van der Waals surface area contributed by atoms with Crippen LogP contribution in [0.5, 0.6) is 0 Å². The van der Waals surface area contributed by atoms with Crippen LogP contribution < -0.4 is 10.6 Å². The maximum absolute atomic E-state index is 5.88. The van der Waals surface area contributed by atoms with Crippen molar-refractivity contribution in [2.45, 2.75) is 19.5 Å². The second-order valence-electron chi connectivity index (χ2n) is 4.61. The Bertz CT molecular complexity index is 518. The molecule has 0 saturated carbocycles. The van der Waals surface area contributed by atoms with Gasteiger partial charge < -0.3 is 10.6 Å². The molecule has 0 radical (unpaired) electrons. The summed E-state index contributed by atoms with van der Waals surface area (Å²) in [5, 5.41) is 4.16. The summed E-state index contributed by atoms with van der Waals surface area (Å²) in [5.41, 5.74) is 8.13. The molecule has 5 heteroatoms. The van der Waals surface area contributed by atoms with Gasteiger partial charge in [0.1, 0.15) is 5.82 Å². The lowest BCUT2D eigenvalue weighted by atomic mass is 10.1. The first kappa shape index (κ1) is 12.6. The summed E-state index contributed by atoms with van der Waals surface area (Å²) in [6.45, 7) is 2.75. The van der Waals surface area contributed by atoms with Gasteiger partial charge in [0.05, 0.1) is 6.20 Å². The van der Waals surface area contributed by atoms with Crippen LogP contribution in [0, 0.1) is 0 Å². The molecule has 2 aromatic heterocycles. The number of nitrogens with zero attached hydrogens (tertiary/aromatic N) is 4. The summed E-state index contributed by atoms with van der Waals surface area (Å²) >= 11 is 0. The third-order valence-corrected chi connectivity index (χ3v) is 2.86. The maximum atomic E-state index is 5.88. The van der Waals surface area contributed by atoms with Gasteiger partial charge in [-0.05, 0) is 24.6 Å². The quantitative estimate of drug-likeness (QED) is 0.886. The van der Waals surface area contributed by atoms with Crippen molar-refractivity contribution in [1.29, 1.82) is 0 Å². The first-order valence-electron chi connectivity index (χ1n) is 5.96. The van der Waals surface area contributed by atoms with Gasteiger partial charge >= 0.3 is 0 Å². The number of aryl methyl sites for hydroxylation is 1. The van der Waals surface area contributed by atoms with E-state index >= 15 is 0 Å². The van der Waals surface area contributed by atoms with Crippen molar-refractivity contribution >= 4 is 5.82 Å². The van der Waals surface area contributed by atoms with Crippen LogP contribution in [0.3, 0.4) is 0 Å². The average molecular weight is 245 g/mol. The van der Waals surface area contributed by atoms with Crippen molar-refractivity contribution in [3.05, 3.63) is 41.9 Å². The molecule has 1 atom stereocenters. The molecule has 18 heavy (non-hydrogen) atoms. The number of anilines is 1. The summed E-state index contributed by atoms with van der Waals surface area (Å²) in [6, 6.07) is 4.01. The molecular weight excluding hydrogens is 226 g/mol. The Balaban J connectivity index is 2.13. The van der Waals surface area contributed by atoms with E-state index in [1.165, 1.54) is 0 Å². The monoisotopic (exact) mass is 245 g/mol. The molecule has 5 nitrogen and oxygen atoms in total. The van der Waals surface area contributed by atoms with Crippen LogP contribution in [0.25, 0.3) is 0 Å². The third-order valence-electron chi connectivity index (χ3n) is 2.86. The minimum atomic E-state index is 0.0264. The molecule has 0 aliphatic rings. The van der Waals surface area contributed by atoms with Crippen molar-refractivity contribution < 1.29 is 0 Å². The van der Waals surface area contributed by atoms with Gasteiger partial charge in [0, 0.05) is 44.6 Å². The highest BCUT2D eigenvalue weighted by molar-refractivity contribution is 5.41. The number of aromatic nitrogens is 3. The molecule has 2 N–H and O–H groups in total. The lowest BCUT2D eigenvalue weighted by molar-refractivity contribution is 0.766. The largest absolute Gasteiger partial charge is 0.355 e. The van der Waals surface area contributed by atoms with E-state index in [0.717, 1.165) is 23.5 Å². The molecular formula is C13H19N5. The second kappa shape index (κ2) is 5.18. The summed E-state index contributed by atoms with van der Waals surface area (Å²) in [4.78, 5) is 6.45. The predicted molar refractivity (Wildman–Crippen MR) is 72.2 cm³/mol. The lowest BCUT2D eigenvalue weighted by Gasteiger charge is -2.18. The molecule has 2 rings (SSSR count). The molecule has 0 spiro atoms. The minimum absolute atomic E-state index is 0.0264. The van der Waals surface area contributed by atoms with Crippen molar-refractivity contribution in [3.8, 4) is 0 Å². The fraction of sp³-hybridized carbons (Fsp3) is 0.385. The molecule has 0 aliphatic heterocycles. The smallest absolute Gasteiger partial charge is 0.128 e. The van der Waals surface area contributed by atoms with Gasteiger partial charge in [-0.2, -0.15) is 5.10 Å². The van der Waals surface area contributed by atoms with Gasteiger partial charge in [0.25, 0.3) is 0 Å². The van der Waals surface area contributed by atoms with E-state index in [2.05, 4.69) is 15.0 Å². The molecule has 0 aromatic carbocycles. The van der Waals surface area contributed by atoms with Crippen LogP contribution in [0.4, 0.5) is 5.82 Å². The van der Waals surface area contributed by atoms with Gasteiger partial charge in [-0.1, -0.05) is 0 Å². The second-order valence-corrected chi connectivity index (χ2v) is 4.61. The molecule has 0 aliphatic carbocycles. The van der Waals surface area contributed by atoms with Gasteiger partial charge in [0.2, 0.25) is 0 Å². The van der Waals surface area contributed by atoms with E-state index in [9.17, 15) is 0 Å². The maximum Gasteiger partial charge on any atom is 0.128 e. The minimum Gasteiger partial charge on any atom is -0.355 e. The van der Waals surface area contributed by atoms with Gasteiger partial charge in [-0.3, -0.25) is 4.68 Å². The van der Waals surface area contributed by atoms with Crippen LogP contribution in [-0.2, 0) is 13.6 Å². The Morgan fingerprint density at radius 3 is 2.89 bits per heavy atom. The van der Waals surface area contributed by atoms with Gasteiger partial charge in [0.15, 0.2) is 0 Å². The SMILES string of the molecule is C[C@@H](N)c1ccnc(N(C)Cc2cnn(C)c2)c1. The van der Waals surface area contributed by atoms with Crippen LogP contribution in [0.1, 0.15) is 24.1 Å². The molecule has 0 unspecified atom stereocenters. The zero-order valence-corrected chi connectivity index (χ0v) is 11.0. The normalized spacial score (nSPS) is 12.4. The number of nitrogens with two attached hydrogens (primary N) is 1. The van der Waals surface area contributed by atoms with Gasteiger partial charge in [-0.15, -0.1) is 0 Å². The highest BCUT2D eigenvalue weighted by atomic mass is 15.2. The van der Waals surface area contributed by atoms with Crippen LogP contribution in [0.2, 0.25) is 0 Å². The average Bonchev–Trinajstić information content (AvgIpc) is 2.75. The molecule has 0 fully saturated rings. The third kappa shape index (κ3) is 2.87. The van der Waals surface area contributed by atoms with Crippen LogP contribution in [-0.4, -0.2) is 21.8 Å². The number of hydrogen-bond acceptors (Lipinski definition) is 4. The Kier molecular flexibility index (Phi) is 3.62. The topological polar surface area (TPSA) is 60.0 Å². The summed E-state index contributed by atoms with van der Waals surface area (Å²) in [7, 11) is 3.93. The summed E-state index contributed by atoms with van der Waals surface area (Å²) in [5.74, 6) is 0.925. The molecule has 2 heterocycles. The predicted octanol–water partition coefficient (Wildman–Crippen LogP) is 1.47. The zero-order valence-electron chi connectivity index (χ0n) is 11.0. The fourth-order valence-electron chi connectivity index (χ4n) is 1.83. The molecule has 2 aromatic rings. The van der Waals surface area contributed by atoms with Crippen molar-refractivity contribution in [2.24, 2.45) is 12.8 Å². The standard InChI is InChI=1S/C13H19N5/c1-10(14)12-4-5-15-13(6-12)17(2)8-11-7-16-18(3)9-11/h4-7,9-10H,8,14H2,1-3H3/t10-/m1/s1. The first-order chi connectivity index (χ1) is 8.56. The highest BCUT2D eigenvalue weighted by Crippen LogP contribution is 2.17. The Morgan fingerprint density at radius 2 is 2.28 bits per heavy atom. The van der Waals surface area contributed by atoms with Crippen molar-refractivity contribution in [3.63, 3.8) is 0 Å². The highest BCUT2D eigenvalue weighted by Gasteiger charge is 2.07. The van der Waals surface area contributed by atoms with Crippen LogP contribution in [0.15, 0.2) is 30.7 Å². The first-order valence-corrected chi connectivity index (χ1v) is 5.96. The number of rotatable bonds is 4. The lowest BCUT2D eigenvalue weighted by Crippen LogP contribution is -2.18. The number of hydrogen-bond donors (Lipinski definition) is 1. The number of pyridine rings is 1. The van der Waals surface area contributed by atoms with Gasteiger partial charge in [-0.25, -0.2) is 4.98 Å². The summed E-state index contributed by atoms with van der Waals surface area (Å²) < 4.78 is 1.80. The molecule has 0 bridgehead atoms. The summed E-state index contributed by atoms with van der Waals surface area (Å²) in [6.07, 6.45) is 5.67. The van der Waals surface area contributed by atoms with E-state index in [4.69, 9.17) is 5.73 Å². The van der Waals surface area contributed by atoms with Crippen LogP contribution >= 0.6 is 0 Å². The Morgan fingerprint density at radius 1 is 1.50 bits per heavy atom. The van der Waals surface area contributed by atoms with E-state index in [1.54, 1.807) is 10.9 Å². The fourth-order valence-corrected chi connectivity index (χ4v) is 1.83. The Labute approximate surface area is 107 Å². The van der Waals surface area contributed by atoms with Crippen molar-refractivity contribution in [1.82, 2.24) is 14.8 Å². The van der Waals surface area contributed by atoms with E-state index < -0.39 is 0 Å². The van der Waals surface area contributed by atoms with Crippen molar-refractivity contribution in [2.75, 3.05) is 11.9 Å². The molecule has 0 amide bonds. The van der Waals surface area contributed by atoms with E-state index in [-0.39, 0.29) is 6.04 Å². The Hall–Kier alpha value is -1.88. The molecule has 96 valence electrons. The molecule has 0 saturated heterocycles. The van der Waals surface area contributed by atoms with E-state index in [1.807, 2.05) is 45.5 Å².